The number of fused-ring (bicyclic) bond motifs is 1. The number of aromatic nitrogens is 1. The normalized spacial score (nSPS) is 16.2. The van der Waals surface area contributed by atoms with Crippen LogP contribution in [0.4, 0.5) is 0 Å². The van der Waals surface area contributed by atoms with Gasteiger partial charge in [0.05, 0.1) is 0 Å². The van der Waals surface area contributed by atoms with Crippen molar-refractivity contribution in [3.8, 4) is 0 Å². The number of benzene rings is 1. The summed E-state index contributed by atoms with van der Waals surface area (Å²) in [4.78, 5) is 27.7. The molecule has 1 aromatic heterocycles. The van der Waals surface area contributed by atoms with Crippen LogP contribution in [0.2, 0.25) is 0 Å². The molecular formula is C21H28N2O2. The molecule has 4 heteroatoms. The first-order valence-corrected chi connectivity index (χ1v) is 9.41. The molecule has 0 spiro atoms. The summed E-state index contributed by atoms with van der Waals surface area (Å²) in [6.45, 7) is 3.98. The molecule has 3 rings (SSSR count). The molecule has 0 saturated heterocycles. The second-order valence-electron chi connectivity index (χ2n) is 7.45. The quantitative estimate of drug-likeness (QED) is 0.778. The van der Waals surface area contributed by atoms with Crippen LogP contribution in [0.15, 0.2) is 35.3 Å². The van der Waals surface area contributed by atoms with E-state index in [0.717, 1.165) is 18.2 Å². The summed E-state index contributed by atoms with van der Waals surface area (Å²) in [5, 5.41) is 1.38. The fourth-order valence-corrected chi connectivity index (χ4v) is 3.89. The number of carbonyl (C=O) groups excluding carboxylic acids is 1. The lowest BCUT2D eigenvalue weighted by molar-refractivity contribution is 0.0719. The number of pyridine rings is 1. The summed E-state index contributed by atoms with van der Waals surface area (Å²) in [6.07, 6.45) is 8.87. The van der Waals surface area contributed by atoms with E-state index in [-0.39, 0.29) is 17.5 Å². The number of amides is 1. The molecule has 1 amide bonds. The van der Waals surface area contributed by atoms with Gasteiger partial charge >= 0.3 is 0 Å². The number of hydrogen-bond acceptors (Lipinski definition) is 2. The van der Waals surface area contributed by atoms with Crippen molar-refractivity contribution in [1.29, 1.82) is 0 Å². The maximum Gasteiger partial charge on any atom is 0.258 e. The van der Waals surface area contributed by atoms with Crippen LogP contribution in [0.1, 0.15) is 68.8 Å². The van der Waals surface area contributed by atoms with E-state index in [1.165, 1.54) is 25.7 Å². The highest BCUT2D eigenvalue weighted by Crippen LogP contribution is 2.24. The average Bonchev–Trinajstić information content (AvgIpc) is 2.89. The van der Waals surface area contributed by atoms with Crippen LogP contribution in [0.5, 0.6) is 0 Å². The van der Waals surface area contributed by atoms with Gasteiger partial charge in [0.1, 0.15) is 0 Å². The van der Waals surface area contributed by atoms with Crippen molar-refractivity contribution in [2.75, 3.05) is 7.05 Å². The second-order valence-corrected chi connectivity index (χ2v) is 7.45. The Hall–Kier alpha value is -2.10. The Morgan fingerprint density at radius 2 is 1.76 bits per heavy atom. The molecule has 1 aliphatic carbocycles. The van der Waals surface area contributed by atoms with Crippen LogP contribution in [-0.2, 0) is 0 Å². The summed E-state index contributed by atoms with van der Waals surface area (Å²) in [5.74, 6) is 0.0270. The van der Waals surface area contributed by atoms with E-state index < -0.39 is 0 Å². The van der Waals surface area contributed by atoms with Crippen molar-refractivity contribution >= 4 is 16.7 Å². The van der Waals surface area contributed by atoms with Gasteiger partial charge in [-0.2, -0.15) is 0 Å². The second kappa shape index (κ2) is 7.42. The summed E-state index contributed by atoms with van der Waals surface area (Å²) < 4.78 is 1.71. The van der Waals surface area contributed by atoms with Crippen molar-refractivity contribution in [2.24, 2.45) is 0 Å². The maximum atomic E-state index is 13.1. The number of carbonyl (C=O) groups is 1. The lowest BCUT2D eigenvalue weighted by atomic mass is 10.0. The van der Waals surface area contributed by atoms with Gasteiger partial charge in [0, 0.05) is 41.7 Å². The molecule has 0 unspecified atom stereocenters. The fourth-order valence-electron chi connectivity index (χ4n) is 3.89. The topological polar surface area (TPSA) is 42.3 Å². The molecule has 25 heavy (non-hydrogen) atoms. The Labute approximate surface area is 149 Å². The highest BCUT2D eigenvalue weighted by atomic mass is 16.2. The van der Waals surface area contributed by atoms with E-state index in [2.05, 4.69) is 0 Å². The molecule has 0 atom stereocenters. The van der Waals surface area contributed by atoms with Crippen molar-refractivity contribution < 1.29 is 4.79 Å². The fraction of sp³-hybridized carbons (Fsp3) is 0.524. The van der Waals surface area contributed by atoms with Gasteiger partial charge in [-0.1, -0.05) is 31.7 Å². The zero-order valence-corrected chi connectivity index (χ0v) is 15.5. The van der Waals surface area contributed by atoms with Crippen LogP contribution in [-0.4, -0.2) is 28.5 Å². The van der Waals surface area contributed by atoms with E-state index in [0.29, 0.717) is 17.0 Å². The van der Waals surface area contributed by atoms with Crippen molar-refractivity contribution in [3.63, 3.8) is 0 Å². The van der Waals surface area contributed by atoms with Crippen molar-refractivity contribution in [2.45, 2.75) is 64.5 Å². The molecule has 0 N–H and O–H groups in total. The Bertz CT molecular complexity index is 814. The molecule has 2 aromatic rings. The number of rotatable bonds is 3. The minimum atomic E-state index is -0.0285. The SMILES string of the molecule is CC(C)n1ccc2c(C(=O)N(C)C3CCCCCC3)cccc2c1=O. The van der Waals surface area contributed by atoms with Gasteiger partial charge in [-0.15, -0.1) is 0 Å². The lowest BCUT2D eigenvalue weighted by Crippen LogP contribution is -2.37. The Morgan fingerprint density at radius 1 is 1.08 bits per heavy atom. The van der Waals surface area contributed by atoms with Gasteiger partial charge in [0.25, 0.3) is 11.5 Å². The van der Waals surface area contributed by atoms with Crippen LogP contribution in [0.25, 0.3) is 10.8 Å². The summed E-state index contributed by atoms with van der Waals surface area (Å²) in [5.41, 5.74) is 0.608. The van der Waals surface area contributed by atoms with Crippen LogP contribution in [0.3, 0.4) is 0 Å². The molecule has 1 fully saturated rings. The predicted molar refractivity (Wildman–Crippen MR) is 102 cm³/mol. The first-order valence-electron chi connectivity index (χ1n) is 9.41. The smallest absolute Gasteiger partial charge is 0.258 e. The molecule has 1 heterocycles. The molecule has 1 aliphatic rings. The monoisotopic (exact) mass is 340 g/mol. The van der Waals surface area contributed by atoms with E-state index in [1.54, 1.807) is 10.8 Å². The highest BCUT2D eigenvalue weighted by Gasteiger charge is 2.23. The largest absolute Gasteiger partial charge is 0.339 e. The van der Waals surface area contributed by atoms with Gasteiger partial charge in [0.15, 0.2) is 0 Å². The molecular weight excluding hydrogens is 312 g/mol. The molecule has 1 aromatic carbocycles. The zero-order chi connectivity index (χ0) is 18.0. The molecule has 4 nitrogen and oxygen atoms in total. The summed E-state index contributed by atoms with van der Waals surface area (Å²) in [6, 6.07) is 7.80. The first kappa shape index (κ1) is 17.7. The third kappa shape index (κ3) is 3.48. The zero-order valence-electron chi connectivity index (χ0n) is 15.5. The molecule has 1 saturated carbocycles. The van der Waals surface area contributed by atoms with Crippen molar-refractivity contribution in [3.05, 3.63) is 46.4 Å². The molecule has 134 valence electrons. The van der Waals surface area contributed by atoms with Gasteiger partial charge < -0.3 is 9.47 Å². The number of nitrogens with zero attached hydrogens (tertiary/aromatic N) is 2. The summed E-state index contributed by atoms with van der Waals surface area (Å²) in [7, 11) is 1.91. The maximum absolute atomic E-state index is 13.1. The minimum Gasteiger partial charge on any atom is -0.339 e. The first-order chi connectivity index (χ1) is 12.0. The van der Waals surface area contributed by atoms with E-state index in [9.17, 15) is 9.59 Å². The van der Waals surface area contributed by atoms with Gasteiger partial charge in [-0.25, -0.2) is 0 Å². The standard InChI is InChI=1S/C21H28N2O2/c1-15(2)23-14-13-17-18(11-8-12-19(17)21(23)25)20(24)22(3)16-9-6-4-5-7-10-16/h8,11-16H,4-7,9-10H2,1-3H3. The Morgan fingerprint density at radius 3 is 2.40 bits per heavy atom. The van der Waals surface area contributed by atoms with E-state index >= 15 is 0 Å². The Kier molecular flexibility index (Phi) is 5.26. The number of hydrogen-bond donors (Lipinski definition) is 0. The predicted octanol–water partition coefficient (Wildman–Crippen LogP) is 4.38. The van der Waals surface area contributed by atoms with Gasteiger partial charge in [0.2, 0.25) is 0 Å². The average molecular weight is 340 g/mol. The molecule has 0 aliphatic heterocycles. The molecule has 0 bridgehead atoms. The lowest BCUT2D eigenvalue weighted by Gasteiger charge is -2.27. The van der Waals surface area contributed by atoms with Gasteiger partial charge in [-0.05, 0) is 44.9 Å². The van der Waals surface area contributed by atoms with E-state index in [4.69, 9.17) is 0 Å². The van der Waals surface area contributed by atoms with E-state index in [1.807, 2.05) is 50.1 Å². The third-order valence-corrected chi connectivity index (χ3v) is 5.45. The minimum absolute atomic E-state index is 0.0270. The third-order valence-electron chi connectivity index (χ3n) is 5.45. The highest BCUT2D eigenvalue weighted by molar-refractivity contribution is 6.06. The van der Waals surface area contributed by atoms with Gasteiger partial charge in [-0.3, -0.25) is 9.59 Å². The van der Waals surface area contributed by atoms with Crippen molar-refractivity contribution in [1.82, 2.24) is 9.47 Å². The summed E-state index contributed by atoms with van der Waals surface area (Å²) >= 11 is 0. The van der Waals surface area contributed by atoms with Crippen LogP contribution >= 0.6 is 0 Å². The van der Waals surface area contributed by atoms with Crippen LogP contribution < -0.4 is 5.56 Å². The Balaban J connectivity index is 1.99. The van der Waals surface area contributed by atoms with Crippen LogP contribution in [0, 0.1) is 0 Å². The molecule has 0 radical (unpaired) electrons.